The molecule has 0 spiro atoms. The first-order valence-corrected chi connectivity index (χ1v) is 7.76. The molecule has 102 valence electrons. The van der Waals surface area contributed by atoms with E-state index in [-0.39, 0.29) is 17.4 Å². The highest BCUT2D eigenvalue weighted by molar-refractivity contribution is 7.09. The molecular formula is C15H20N2OS. The topological polar surface area (TPSA) is 42.0 Å². The van der Waals surface area contributed by atoms with Crippen molar-refractivity contribution in [3.63, 3.8) is 0 Å². The lowest BCUT2D eigenvalue weighted by atomic mass is 9.91. The molecule has 0 aliphatic heterocycles. The van der Waals surface area contributed by atoms with Crippen molar-refractivity contribution in [1.82, 2.24) is 10.3 Å². The minimum atomic E-state index is -0.373. The van der Waals surface area contributed by atoms with E-state index in [0.29, 0.717) is 11.8 Å². The van der Waals surface area contributed by atoms with Crippen LogP contribution in [0.2, 0.25) is 0 Å². The fourth-order valence-corrected chi connectivity index (χ4v) is 4.05. The molecule has 3 atom stereocenters. The Morgan fingerprint density at radius 3 is 2.74 bits per heavy atom. The summed E-state index contributed by atoms with van der Waals surface area (Å²) in [6.45, 7) is 6.05. The van der Waals surface area contributed by atoms with Crippen molar-refractivity contribution in [2.24, 2.45) is 17.8 Å². The summed E-state index contributed by atoms with van der Waals surface area (Å²) >= 11 is 1.62. The molecule has 0 saturated heterocycles. The Hall–Kier alpha value is -1.16. The van der Waals surface area contributed by atoms with Crippen LogP contribution in [0.4, 0.5) is 0 Å². The van der Waals surface area contributed by atoms with E-state index in [4.69, 9.17) is 0 Å². The third-order valence-corrected chi connectivity index (χ3v) is 5.49. The second-order valence-electron chi connectivity index (χ2n) is 6.30. The maximum absolute atomic E-state index is 12.5. The molecule has 1 fully saturated rings. The summed E-state index contributed by atoms with van der Waals surface area (Å²) in [6, 6.07) is 0. The Kier molecular flexibility index (Phi) is 3.01. The highest BCUT2D eigenvalue weighted by Gasteiger charge is 2.41. The molecule has 1 N–H and O–H groups in total. The molecule has 0 radical (unpaired) electrons. The van der Waals surface area contributed by atoms with Crippen LogP contribution in [0, 0.1) is 24.7 Å². The average molecular weight is 276 g/mol. The van der Waals surface area contributed by atoms with Gasteiger partial charge < -0.3 is 5.32 Å². The highest BCUT2D eigenvalue weighted by atomic mass is 32.1. The lowest BCUT2D eigenvalue weighted by Gasteiger charge is -2.27. The summed E-state index contributed by atoms with van der Waals surface area (Å²) in [5, 5.41) is 6.20. The first-order valence-electron chi connectivity index (χ1n) is 6.88. The second-order valence-corrected chi connectivity index (χ2v) is 7.15. The maximum Gasteiger partial charge on any atom is 0.224 e. The molecule has 1 aromatic heterocycles. The lowest BCUT2D eigenvalue weighted by Crippen LogP contribution is -2.44. The Balaban J connectivity index is 1.70. The highest BCUT2D eigenvalue weighted by Crippen LogP contribution is 2.43. The van der Waals surface area contributed by atoms with Crippen molar-refractivity contribution in [3.05, 3.63) is 28.2 Å². The van der Waals surface area contributed by atoms with E-state index in [1.54, 1.807) is 11.3 Å². The van der Waals surface area contributed by atoms with Gasteiger partial charge in [0.15, 0.2) is 0 Å². The van der Waals surface area contributed by atoms with E-state index >= 15 is 0 Å². The predicted molar refractivity (Wildman–Crippen MR) is 76.9 cm³/mol. The fourth-order valence-electron chi connectivity index (χ4n) is 3.18. The standard InChI is InChI=1S/C15H20N2OS/c1-9-8-19-14(16-9)15(2,3)17-13(18)12-7-10-4-5-11(12)6-10/h4-5,8,10-12H,6-7H2,1-3H3,(H,17,18). The summed E-state index contributed by atoms with van der Waals surface area (Å²) in [6.07, 6.45) is 6.66. The normalized spacial score (nSPS) is 28.9. The monoisotopic (exact) mass is 276 g/mol. The summed E-state index contributed by atoms with van der Waals surface area (Å²) in [4.78, 5) is 17.0. The summed E-state index contributed by atoms with van der Waals surface area (Å²) in [5.74, 6) is 1.44. The number of thiazole rings is 1. The number of carbonyl (C=O) groups is 1. The maximum atomic E-state index is 12.5. The average Bonchev–Trinajstić information content (AvgIpc) is 3.02. The van der Waals surface area contributed by atoms with Crippen LogP contribution in [0.3, 0.4) is 0 Å². The van der Waals surface area contributed by atoms with Crippen LogP contribution in [0.25, 0.3) is 0 Å². The van der Waals surface area contributed by atoms with Gasteiger partial charge in [-0.05, 0) is 45.4 Å². The van der Waals surface area contributed by atoms with Gasteiger partial charge in [0.05, 0.1) is 5.54 Å². The largest absolute Gasteiger partial charge is 0.344 e. The van der Waals surface area contributed by atoms with Gasteiger partial charge in [0.25, 0.3) is 0 Å². The summed E-state index contributed by atoms with van der Waals surface area (Å²) < 4.78 is 0. The van der Waals surface area contributed by atoms with Gasteiger partial charge in [-0.15, -0.1) is 11.3 Å². The molecule has 1 heterocycles. The molecule has 2 aliphatic carbocycles. The summed E-state index contributed by atoms with van der Waals surface area (Å²) in [7, 11) is 0. The van der Waals surface area contributed by atoms with Crippen molar-refractivity contribution in [2.45, 2.75) is 39.2 Å². The van der Waals surface area contributed by atoms with Crippen molar-refractivity contribution in [2.75, 3.05) is 0 Å². The summed E-state index contributed by atoms with van der Waals surface area (Å²) in [5.41, 5.74) is 0.645. The van der Waals surface area contributed by atoms with Gasteiger partial charge in [-0.25, -0.2) is 4.98 Å². The first kappa shape index (κ1) is 12.9. The second kappa shape index (κ2) is 4.44. The van der Waals surface area contributed by atoms with E-state index in [1.165, 1.54) is 0 Å². The van der Waals surface area contributed by atoms with Gasteiger partial charge in [-0.1, -0.05) is 12.2 Å². The number of rotatable bonds is 3. The van der Waals surface area contributed by atoms with Crippen LogP contribution in [-0.2, 0) is 10.3 Å². The predicted octanol–water partition coefficient (Wildman–Crippen LogP) is 3.02. The number of nitrogens with one attached hydrogen (secondary N) is 1. The minimum absolute atomic E-state index is 0.162. The number of hydrogen-bond donors (Lipinski definition) is 1. The number of amides is 1. The van der Waals surface area contributed by atoms with E-state index in [9.17, 15) is 4.79 Å². The van der Waals surface area contributed by atoms with Crippen LogP contribution in [-0.4, -0.2) is 10.9 Å². The Morgan fingerprint density at radius 1 is 1.42 bits per heavy atom. The van der Waals surface area contributed by atoms with Crippen LogP contribution in [0.15, 0.2) is 17.5 Å². The molecule has 3 rings (SSSR count). The van der Waals surface area contributed by atoms with Crippen molar-refractivity contribution in [3.8, 4) is 0 Å². The quantitative estimate of drug-likeness (QED) is 0.862. The van der Waals surface area contributed by atoms with Gasteiger partial charge in [0.1, 0.15) is 5.01 Å². The zero-order chi connectivity index (χ0) is 13.6. The third-order valence-electron chi connectivity index (χ3n) is 4.21. The zero-order valence-corrected chi connectivity index (χ0v) is 12.5. The zero-order valence-electron chi connectivity index (χ0n) is 11.6. The molecule has 1 saturated carbocycles. The van der Waals surface area contributed by atoms with E-state index in [0.717, 1.165) is 23.5 Å². The van der Waals surface area contributed by atoms with Gasteiger partial charge >= 0.3 is 0 Å². The molecule has 2 aliphatic rings. The number of fused-ring (bicyclic) bond motifs is 2. The van der Waals surface area contributed by atoms with Gasteiger partial charge in [0.2, 0.25) is 5.91 Å². The molecule has 3 unspecified atom stereocenters. The molecule has 19 heavy (non-hydrogen) atoms. The number of nitrogens with zero attached hydrogens (tertiary/aromatic N) is 1. The SMILES string of the molecule is Cc1csc(C(C)(C)NC(=O)C2CC3C=CC2C3)n1. The molecule has 3 nitrogen and oxygen atoms in total. The van der Waals surface area contributed by atoms with Crippen molar-refractivity contribution in [1.29, 1.82) is 0 Å². The first-order chi connectivity index (χ1) is 8.95. The minimum Gasteiger partial charge on any atom is -0.344 e. The number of aryl methyl sites for hydroxylation is 1. The van der Waals surface area contributed by atoms with Crippen LogP contribution < -0.4 is 5.32 Å². The lowest BCUT2D eigenvalue weighted by molar-refractivity contribution is -0.127. The molecule has 2 bridgehead atoms. The van der Waals surface area contributed by atoms with Crippen LogP contribution >= 0.6 is 11.3 Å². The van der Waals surface area contributed by atoms with Crippen molar-refractivity contribution < 1.29 is 4.79 Å². The van der Waals surface area contributed by atoms with Crippen LogP contribution in [0.1, 0.15) is 37.4 Å². The van der Waals surface area contributed by atoms with Gasteiger partial charge in [-0.3, -0.25) is 4.79 Å². The number of allylic oxidation sites excluding steroid dienone is 2. The van der Waals surface area contributed by atoms with Crippen LogP contribution in [0.5, 0.6) is 0 Å². The molecule has 0 aromatic carbocycles. The van der Waals surface area contributed by atoms with Gasteiger partial charge in [0, 0.05) is 17.0 Å². The van der Waals surface area contributed by atoms with Crippen molar-refractivity contribution >= 4 is 17.2 Å². The fraction of sp³-hybridized carbons (Fsp3) is 0.600. The molecule has 1 aromatic rings. The van der Waals surface area contributed by atoms with E-state index < -0.39 is 0 Å². The molecule has 4 heteroatoms. The third kappa shape index (κ3) is 2.34. The Labute approximate surface area is 118 Å². The number of carbonyl (C=O) groups excluding carboxylic acids is 1. The van der Waals surface area contributed by atoms with E-state index in [2.05, 4.69) is 22.5 Å². The Morgan fingerprint density at radius 2 is 2.21 bits per heavy atom. The molecule has 1 amide bonds. The van der Waals surface area contributed by atoms with Gasteiger partial charge in [-0.2, -0.15) is 0 Å². The Bertz CT molecular complexity index is 532. The number of aromatic nitrogens is 1. The number of hydrogen-bond acceptors (Lipinski definition) is 3. The molecular weight excluding hydrogens is 256 g/mol. The smallest absolute Gasteiger partial charge is 0.224 e. The van der Waals surface area contributed by atoms with E-state index in [1.807, 2.05) is 26.2 Å².